The van der Waals surface area contributed by atoms with Gasteiger partial charge >= 0.3 is 5.97 Å². The lowest BCUT2D eigenvalue weighted by Gasteiger charge is -2.26. The van der Waals surface area contributed by atoms with Crippen LogP contribution in [0.3, 0.4) is 0 Å². The Bertz CT molecular complexity index is 1080. The predicted octanol–water partition coefficient (Wildman–Crippen LogP) is -0.0504. The highest BCUT2D eigenvalue weighted by Gasteiger charge is 2.19. The number of ether oxygens (including phenoxy) is 3. The number of benzene rings is 1. The summed E-state index contributed by atoms with van der Waals surface area (Å²) in [5, 5.41) is 0. The van der Waals surface area contributed by atoms with Crippen LogP contribution in [0.2, 0.25) is 0 Å². The van der Waals surface area contributed by atoms with E-state index in [0.29, 0.717) is 41.2 Å². The summed E-state index contributed by atoms with van der Waals surface area (Å²) in [6.45, 7) is 3.70. The molecule has 9 heteroatoms. The molecule has 2 aromatic rings. The van der Waals surface area contributed by atoms with Crippen molar-refractivity contribution >= 4 is 35.4 Å². The summed E-state index contributed by atoms with van der Waals surface area (Å²) in [5.74, 6) is -0.0784. The summed E-state index contributed by atoms with van der Waals surface area (Å²) in [4.78, 5) is 39.4. The Morgan fingerprint density at radius 2 is 2.03 bits per heavy atom. The molecule has 2 heterocycles. The SMILES string of the molecule is CCOC(=O)/C=c1/s/c(=C\c2cccc(OC)c2)c(=O)n1CC(=O)N1CCOCC1. The lowest BCUT2D eigenvalue weighted by Crippen LogP contribution is -2.45. The van der Waals surface area contributed by atoms with Crippen LogP contribution in [0.1, 0.15) is 12.5 Å². The Labute approximate surface area is 177 Å². The number of hydrogen-bond donors (Lipinski definition) is 0. The van der Waals surface area contributed by atoms with Crippen molar-refractivity contribution in [2.75, 3.05) is 40.0 Å². The second-order valence-corrected chi connectivity index (χ2v) is 7.57. The third kappa shape index (κ3) is 5.37. The summed E-state index contributed by atoms with van der Waals surface area (Å²) >= 11 is 1.14. The van der Waals surface area contributed by atoms with Crippen molar-refractivity contribution in [3.05, 3.63) is 49.4 Å². The molecule has 1 fully saturated rings. The molecule has 0 atom stereocenters. The monoisotopic (exact) mass is 432 g/mol. The van der Waals surface area contributed by atoms with Gasteiger partial charge in [-0.05, 0) is 30.7 Å². The van der Waals surface area contributed by atoms with Gasteiger partial charge in [-0.2, -0.15) is 0 Å². The number of thiazole rings is 1. The number of nitrogens with zero attached hydrogens (tertiary/aromatic N) is 2. The van der Waals surface area contributed by atoms with Crippen LogP contribution in [-0.4, -0.2) is 61.4 Å². The van der Waals surface area contributed by atoms with E-state index in [1.165, 1.54) is 10.6 Å². The number of rotatable bonds is 6. The Morgan fingerprint density at radius 3 is 2.73 bits per heavy atom. The third-order valence-electron chi connectivity index (χ3n) is 4.51. The molecule has 160 valence electrons. The van der Waals surface area contributed by atoms with Gasteiger partial charge in [0.15, 0.2) is 0 Å². The van der Waals surface area contributed by atoms with E-state index in [0.717, 1.165) is 16.9 Å². The summed E-state index contributed by atoms with van der Waals surface area (Å²) in [6.07, 6.45) is 2.97. The minimum Gasteiger partial charge on any atom is -0.497 e. The molecule has 0 bridgehead atoms. The van der Waals surface area contributed by atoms with Crippen LogP contribution in [0.5, 0.6) is 5.75 Å². The molecule has 0 saturated carbocycles. The maximum Gasteiger partial charge on any atom is 0.333 e. The first-order valence-electron chi connectivity index (χ1n) is 9.61. The standard InChI is InChI=1S/C21H24N2O6S/c1-3-29-20(25)13-19-23(14-18(24)22-7-9-28-10-8-22)21(26)17(30-19)12-15-5-4-6-16(11-15)27-2/h4-6,11-13H,3,7-10,14H2,1-2H3/b17-12-,19-13+. The van der Waals surface area contributed by atoms with E-state index < -0.39 is 5.97 Å². The van der Waals surface area contributed by atoms with Crippen LogP contribution in [0.15, 0.2) is 29.1 Å². The molecule has 0 aliphatic carbocycles. The molecule has 1 aromatic carbocycles. The third-order valence-corrected chi connectivity index (χ3v) is 5.57. The molecule has 1 saturated heterocycles. The van der Waals surface area contributed by atoms with E-state index in [9.17, 15) is 14.4 Å². The number of hydrogen-bond acceptors (Lipinski definition) is 7. The maximum atomic E-state index is 13.0. The van der Waals surface area contributed by atoms with E-state index in [2.05, 4.69) is 0 Å². The van der Waals surface area contributed by atoms with Crippen LogP contribution >= 0.6 is 11.3 Å². The Hall–Kier alpha value is -2.91. The molecule has 8 nitrogen and oxygen atoms in total. The molecule has 1 amide bonds. The predicted molar refractivity (Wildman–Crippen MR) is 113 cm³/mol. The van der Waals surface area contributed by atoms with Gasteiger partial charge in [0.2, 0.25) is 5.91 Å². The first kappa shape index (κ1) is 21.8. The zero-order valence-electron chi connectivity index (χ0n) is 17.0. The van der Waals surface area contributed by atoms with Crippen molar-refractivity contribution in [3.8, 4) is 5.75 Å². The topological polar surface area (TPSA) is 87.1 Å². The van der Waals surface area contributed by atoms with Gasteiger partial charge in [-0.1, -0.05) is 12.1 Å². The van der Waals surface area contributed by atoms with Crippen LogP contribution in [0.4, 0.5) is 0 Å². The van der Waals surface area contributed by atoms with E-state index in [-0.39, 0.29) is 24.6 Å². The Kier molecular flexibility index (Phi) is 7.42. The summed E-state index contributed by atoms with van der Waals surface area (Å²) in [7, 11) is 1.57. The van der Waals surface area contributed by atoms with Gasteiger partial charge in [0.1, 0.15) is 17.0 Å². The van der Waals surface area contributed by atoms with Gasteiger partial charge in [0.05, 0.1) is 37.5 Å². The molecule has 0 radical (unpaired) electrons. The summed E-state index contributed by atoms with van der Waals surface area (Å²) < 4.78 is 17.6. The first-order valence-corrected chi connectivity index (χ1v) is 10.4. The molecule has 30 heavy (non-hydrogen) atoms. The van der Waals surface area contributed by atoms with E-state index in [1.807, 2.05) is 18.2 Å². The molecule has 0 spiro atoms. The van der Waals surface area contributed by atoms with Crippen molar-refractivity contribution in [2.45, 2.75) is 13.5 Å². The van der Waals surface area contributed by atoms with Crippen molar-refractivity contribution in [1.29, 1.82) is 0 Å². The largest absolute Gasteiger partial charge is 0.497 e. The number of morpholine rings is 1. The number of methoxy groups -OCH3 is 1. The van der Waals surface area contributed by atoms with E-state index >= 15 is 0 Å². The van der Waals surface area contributed by atoms with Crippen molar-refractivity contribution in [3.63, 3.8) is 0 Å². The number of carbonyl (C=O) groups excluding carboxylic acids is 2. The molecule has 0 unspecified atom stereocenters. The van der Waals surface area contributed by atoms with Gasteiger partial charge in [0, 0.05) is 13.1 Å². The summed E-state index contributed by atoms with van der Waals surface area (Å²) in [6, 6.07) is 7.28. The lowest BCUT2D eigenvalue weighted by atomic mass is 10.2. The van der Waals surface area contributed by atoms with Crippen molar-refractivity contribution in [1.82, 2.24) is 9.47 Å². The van der Waals surface area contributed by atoms with Gasteiger partial charge in [-0.3, -0.25) is 14.2 Å². The average Bonchev–Trinajstić information content (AvgIpc) is 3.03. The van der Waals surface area contributed by atoms with Crippen molar-refractivity contribution in [2.24, 2.45) is 0 Å². The molecular formula is C21H24N2O6S. The van der Waals surface area contributed by atoms with Crippen LogP contribution in [0.25, 0.3) is 12.2 Å². The number of amides is 1. The highest BCUT2D eigenvalue weighted by atomic mass is 32.1. The number of aromatic nitrogens is 1. The van der Waals surface area contributed by atoms with E-state index in [1.54, 1.807) is 31.1 Å². The molecule has 0 N–H and O–H groups in total. The molecular weight excluding hydrogens is 408 g/mol. The average molecular weight is 432 g/mol. The second-order valence-electron chi connectivity index (χ2n) is 6.51. The fourth-order valence-electron chi connectivity index (χ4n) is 3.01. The highest BCUT2D eigenvalue weighted by Crippen LogP contribution is 2.12. The Balaban J connectivity index is 2.02. The second kappa shape index (κ2) is 10.2. The van der Waals surface area contributed by atoms with Gasteiger partial charge in [0.25, 0.3) is 5.56 Å². The fraction of sp³-hybridized carbons (Fsp3) is 0.381. The van der Waals surface area contributed by atoms with Gasteiger partial charge in [-0.25, -0.2) is 4.79 Å². The zero-order chi connectivity index (χ0) is 21.5. The number of esters is 1. The van der Waals surface area contributed by atoms with Crippen LogP contribution < -0.4 is 19.5 Å². The van der Waals surface area contributed by atoms with Gasteiger partial charge < -0.3 is 19.1 Å². The van der Waals surface area contributed by atoms with Crippen LogP contribution in [0, 0.1) is 0 Å². The lowest BCUT2D eigenvalue weighted by molar-refractivity contribution is -0.136. The minimum atomic E-state index is -0.556. The molecule has 1 aliphatic rings. The summed E-state index contributed by atoms with van der Waals surface area (Å²) in [5.41, 5.74) is 0.446. The smallest absolute Gasteiger partial charge is 0.333 e. The zero-order valence-corrected chi connectivity index (χ0v) is 17.8. The minimum absolute atomic E-state index is 0.146. The van der Waals surface area contributed by atoms with Crippen LogP contribution in [-0.2, 0) is 25.6 Å². The highest BCUT2D eigenvalue weighted by molar-refractivity contribution is 7.07. The van der Waals surface area contributed by atoms with Gasteiger partial charge in [-0.15, -0.1) is 11.3 Å². The molecule has 3 rings (SSSR count). The molecule has 1 aliphatic heterocycles. The van der Waals surface area contributed by atoms with E-state index in [4.69, 9.17) is 14.2 Å². The number of carbonyl (C=O) groups is 2. The maximum absolute atomic E-state index is 13.0. The first-order chi connectivity index (χ1) is 14.5. The fourth-order valence-corrected chi connectivity index (χ4v) is 4.04. The van der Waals surface area contributed by atoms with Crippen molar-refractivity contribution < 1.29 is 23.8 Å². The quantitative estimate of drug-likeness (QED) is 0.595. The molecule has 1 aromatic heterocycles. The normalized spacial score (nSPS) is 15.3. The Morgan fingerprint density at radius 1 is 1.27 bits per heavy atom.